The number of nitrogens with zero attached hydrogens (tertiary/aromatic N) is 2. The van der Waals surface area contributed by atoms with E-state index in [0.29, 0.717) is 23.9 Å². The number of aryl methyl sites for hydroxylation is 1. The number of aromatic amines is 1. The number of carbonyl (C=O) groups is 1. The molecule has 0 amide bonds. The molecule has 0 saturated heterocycles. The highest BCUT2D eigenvalue weighted by Crippen LogP contribution is 2.24. The van der Waals surface area contributed by atoms with Crippen LogP contribution in [0.25, 0.3) is 11.0 Å². The van der Waals surface area contributed by atoms with E-state index in [4.69, 9.17) is 0 Å². The number of rotatable bonds is 1. The number of aromatic nitrogens is 3. The molecule has 0 saturated carbocycles. The van der Waals surface area contributed by atoms with Gasteiger partial charge in [0.1, 0.15) is 11.3 Å². The number of ketones is 1. The summed E-state index contributed by atoms with van der Waals surface area (Å²) in [4.78, 5) is 30.8. The first-order valence-electron chi connectivity index (χ1n) is 5.27. The fourth-order valence-corrected chi connectivity index (χ4v) is 2.33. The first-order valence-corrected chi connectivity index (χ1v) is 5.27. The minimum absolute atomic E-state index is 0.0218. The predicted molar refractivity (Wildman–Crippen MR) is 58.4 cm³/mol. The van der Waals surface area contributed by atoms with Gasteiger partial charge in [0.15, 0.2) is 5.78 Å². The van der Waals surface area contributed by atoms with E-state index in [2.05, 4.69) is 9.97 Å². The molecule has 1 unspecified atom stereocenters. The van der Waals surface area contributed by atoms with Crippen LogP contribution >= 0.6 is 0 Å². The molecule has 16 heavy (non-hydrogen) atoms. The van der Waals surface area contributed by atoms with Gasteiger partial charge >= 0.3 is 0 Å². The molecule has 0 aromatic carbocycles. The Morgan fingerprint density at radius 1 is 1.62 bits per heavy atom. The summed E-state index contributed by atoms with van der Waals surface area (Å²) in [6, 6.07) is 1.45. The Morgan fingerprint density at radius 3 is 3.19 bits per heavy atom. The largest absolute Gasteiger partial charge is 0.355 e. The lowest BCUT2D eigenvalue weighted by molar-refractivity contribution is -0.119. The molecular weight excluding hydrogens is 206 g/mol. The van der Waals surface area contributed by atoms with Gasteiger partial charge < -0.3 is 4.98 Å². The predicted octanol–water partition coefficient (Wildman–Crippen LogP) is 0.801. The summed E-state index contributed by atoms with van der Waals surface area (Å²) in [6.45, 7) is 1.52. The van der Waals surface area contributed by atoms with Crippen molar-refractivity contribution in [1.29, 1.82) is 0 Å². The maximum Gasteiger partial charge on any atom is 0.278 e. The third kappa shape index (κ3) is 1.08. The smallest absolute Gasteiger partial charge is 0.278 e. The van der Waals surface area contributed by atoms with Crippen molar-refractivity contribution in [2.24, 2.45) is 0 Å². The minimum atomic E-state index is -0.331. The molecule has 3 rings (SSSR count). The van der Waals surface area contributed by atoms with Crippen LogP contribution in [0.5, 0.6) is 0 Å². The summed E-state index contributed by atoms with van der Waals surface area (Å²) in [5, 5.41) is 0. The topological polar surface area (TPSA) is 67.8 Å². The van der Waals surface area contributed by atoms with Crippen molar-refractivity contribution in [3.05, 3.63) is 28.4 Å². The van der Waals surface area contributed by atoms with Crippen LogP contribution in [0.15, 0.2) is 17.1 Å². The summed E-state index contributed by atoms with van der Waals surface area (Å²) in [7, 11) is 0. The highest BCUT2D eigenvalue weighted by Gasteiger charge is 2.28. The standard InChI is InChI=1S/C11H11N3O2/c1-6(15)8-2-3-9-13-7-4-5-12-10(7)11(16)14(8)9/h4-5,8,12H,2-3H2,1H3. The summed E-state index contributed by atoms with van der Waals surface area (Å²) in [5.41, 5.74) is 1.03. The van der Waals surface area contributed by atoms with E-state index in [-0.39, 0.29) is 17.4 Å². The van der Waals surface area contributed by atoms with E-state index in [1.54, 1.807) is 12.3 Å². The van der Waals surface area contributed by atoms with E-state index >= 15 is 0 Å². The van der Waals surface area contributed by atoms with Gasteiger partial charge in [0.2, 0.25) is 0 Å². The monoisotopic (exact) mass is 217 g/mol. The van der Waals surface area contributed by atoms with Crippen molar-refractivity contribution in [2.75, 3.05) is 0 Å². The van der Waals surface area contributed by atoms with Crippen molar-refractivity contribution in [1.82, 2.24) is 14.5 Å². The Balaban J connectivity index is 2.36. The van der Waals surface area contributed by atoms with Gasteiger partial charge in [-0.05, 0) is 19.4 Å². The summed E-state index contributed by atoms with van der Waals surface area (Å²) >= 11 is 0. The van der Waals surface area contributed by atoms with Crippen molar-refractivity contribution >= 4 is 16.8 Å². The van der Waals surface area contributed by atoms with Crippen LogP contribution in [0, 0.1) is 0 Å². The van der Waals surface area contributed by atoms with Crippen molar-refractivity contribution in [2.45, 2.75) is 25.8 Å². The van der Waals surface area contributed by atoms with Gasteiger partial charge in [-0.1, -0.05) is 0 Å². The number of nitrogens with one attached hydrogen (secondary N) is 1. The molecule has 0 fully saturated rings. The fourth-order valence-electron chi connectivity index (χ4n) is 2.33. The van der Waals surface area contributed by atoms with Crippen LogP contribution < -0.4 is 5.56 Å². The van der Waals surface area contributed by atoms with Crippen molar-refractivity contribution in [3.8, 4) is 0 Å². The number of Topliss-reactive ketones (excluding diaryl/α,β-unsaturated/α-hetero) is 1. The normalized spacial score (nSPS) is 18.9. The molecule has 0 spiro atoms. The second-order valence-electron chi connectivity index (χ2n) is 4.11. The molecule has 1 aliphatic heterocycles. The first-order chi connectivity index (χ1) is 7.68. The van der Waals surface area contributed by atoms with E-state index in [0.717, 1.165) is 5.82 Å². The molecular formula is C11H11N3O2. The average molecular weight is 217 g/mol. The zero-order chi connectivity index (χ0) is 11.3. The lowest BCUT2D eigenvalue weighted by Gasteiger charge is -2.10. The zero-order valence-electron chi connectivity index (χ0n) is 8.86. The van der Waals surface area contributed by atoms with Gasteiger partial charge in [0.25, 0.3) is 5.56 Å². The van der Waals surface area contributed by atoms with Gasteiger partial charge in [-0.3, -0.25) is 14.2 Å². The number of H-pyrrole nitrogens is 1. The Kier molecular flexibility index (Phi) is 1.77. The van der Waals surface area contributed by atoms with Gasteiger partial charge in [0, 0.05) is 12.6 Å². The second-order valence-corrected chi connectivity index (χ2v) is 4.11. The van der Waals surface area contributed by atoms with Crippen LogP contribution in [0.1, 0.15) is 25.2 Å². The first kappa shape index (κ1) is 9.33. The number of fused-ring (bicyclic) bond motifs is 2. The maximum atomic E-state index is 12.1. The molecule has 1 atom stereocenters. The summed E-state index contributed by atoms with van der Waals surface area (Å²) in [5.74, 6) is 0.742. The van der Waals surface area contributed by atoms with E-state index in [1.807, 2.05) is 0 Å². The molecule has 0 aliphatic carbocycles. The Morgan fingerprint density at radius 2 is 2.44 bits per heavy atom. The highest BCUT2D eigenvalue weighted by molar-refractivity contribution is 5.81. The van der Waals surface area contributed by atoms with E-state index < -0.39 is 0 Å². The van der Waals surface area contributed by atoms with Crippen molar-refractivity contribution < 1.29 is 4.79 Å². The van der Waals surface area contributed by atoms with Crippen LogP contribution in [0.4, 0.5) is 0 Å². The lowest BCUT2D eigenvalue weighted by atomic mass is 10.1. The summed E-state index contributed by atoms with van der Waals surface area (Å²) in [6.07, 6.45) is 3.07. The second kappa shape index (κ2) is 3.04. The molecule has 2 aromatic heterocycles. The van der Waals surface area contributed by atoms with Crippen molar-refractivity contribution in [3.63, 3.8) is 0 Å². The van der Waals surface area contributed by atoms with Gasteiger partial charge in [-0.2, -0.15) is 0 Å². The zero-order valence-corrected chi connectivity index (χ0v) is 8.86. The van der Waals surface area contributed by atoms with Crippen LogP contribution in [-0.2, 0) is 11.2 Å². The third-order valence-electron chi connectivity index (χ3n) is 3.11. The molecule has 5 heteroatoms. The van der Waals surface area contributed by atoms with Crippen LogP contribution in [-0.4, -0.2) is 20.3 Å². The minimum Gasteiger partial charge on any atom is -0.355 e. The number of carbonyl (C=O) groups excluding carboxylic acids is 1. The number of hydrogen-bond donors (Lipinski definition) is 1. The number of hydrogen-bond acceptors (Lipinski definition) is 3. The Hall–Kier alpha value is -1.91. The Labute approximate surface area is 91.1 Å². The molecule has 0 bridgehead atoms. The van der Waals surface area contributed by atoms with Gasteiger partial charge in [0.05, 0.1) is 11.6 Å². The van der Waals surface area contributed by atoms with Crippen LogP contribution in [0.3, 0.4) is 0 Å². The molecule has 3 heterocycles. The molecule has 0 radical (unpaired) electrons. The lowest BCUT2D eigenvalue weighted by Crippen LogP contribution is -2.27. The molecule has 1 aliphatic rings. The van der Waals surface area contributed by atoms with Gasteiger partial charge in [-0.15, -0.1) is 0 Å². The van der Waals surface area contributed by atoms with E-state index in [1.165, 1.54) is 11.5 Å². The average Bonchev–Trinajstić information content (AvgIpc) is 2.83. The Bertz CT molecular complexity index is 638. The SMILES string of the molecule is CC(=O)C1CCc2nc3cc[nH]c3c(=O)n21. The third-order valence-corrected chi connectivity index (χ3v) is 3.11. The maximum absolute atomic E-state index is 12.1. The quantitative estimate of drug-likeness (QED) is 0.768. The van der Waals surface area contributed by atoms with Gasteiger partial charge in [-0.25, -0.2) is 4.98 Å². The molecule has 5 nitrogen and oxygen atoms in total. The fraction of sp³-hybridized carbons (Fsp3) is 0.364. The van der Waals surface area contributed by atoms with Crippen LogP contribution in [0.2, 0.25) is 0 Å². The highest BCUT2D eigenvalue weighted by atomic mass is 16.1. The molecule has 1 N–H and O–H groups in total. The molecule has 82 valence electrons. The van der Waals surface area contributed by atoms with E-state index in [9.17, 15) is 9.59 Å². The molecule has 2 aromatic rings. The summed E-state index contributed by atoms with van der Waals surface area (Å²) < 4.78 is 1.53.